The van der Waals surface area contributed by atoms with Crippen molar-refractivity contribution in [2.75, 3.05) is 20.2 Å². The van der Waals surface area contributed by atoms with E-state index in [1.54, 1.807) is 11.0 Å². The van der Waals surface area contributed by atoms with E-state index in [0.717, 1.165) is 0 Å². The Morgan fingerprint density at radius 3 is 2.81 bits per heavy atom. The van der Waals surface area contributed by atoms with Crippen LogP contribution in [0.3, 0.4) is 0 Å². The van der Waals surface area contributed by atoms with Crippen molar-refractivity contribution in [2.24, 2.45) is 0 Å². The normalized spacial score (nSPS) is 22.0. The molecule has 0 radical (unpaired) electrons. The average molecular weight is 293 g/mol. The van der Waals surface area contributed by atoms with Gasteiger partial charge < -0.3 is 15.0 Å². The summed E-state index contributed by atoms with van der Waals surface area (Å²) < 4.78 is 5.11. The van der Waals surface area contributed by atoms with E-state index in [9.17, 15) is 14.9 Å². The van der Waals surface area contributed by atoms with Crippen LogP contribution < -0.4 is 10.1 Å². The predicted octanol–water partition coefficient (Wildman–Crippen LogP) is 1.43. The molecule has 1 N–H and O–H groups in total. The maximum absolute atomic E-state index is 12.7. The Labute approximate surface area is 123 Å². The van der Waals surface area contributed by atoms with Gasteiger partial charge in [0.05, 0.1) is 17.6 Å². The zero-order valence-electron chi connectivity index (χ0n) is 12.3. The molecule has 114 valence electrons. The maximum atomic E-state index is 12.7. The third-order valence-corrected chi connectivity index (χ3v) is 3.65. The third-order valence-electron chi connectivity index (χ3n) is 3.65. The molecule has 7 heteroatoms. The van der Waals surface area contributed by atoms with Gasteiger partial charge in [0.1, 0.15) is 0 Å². The maximum Gasteiger partial charge on any atom is 0.311 e. The average Bonchev–Trinajstić information content (AvgIpc) is 2.48. The smallest absolute Gasteiger partial charge is 0.311 e. The van der Waals surface area contributed by atoms with Crippen molar-refractivity contribution in [3.63, 3.8) is 0 Å². The molecular formula is C14H19N3O4. The molecule has 1 aromatic carbocycles. The quantitative estimate of drug-likeness (QED) is 0.673. The first kappa shape index (κ1) is 15.2. The van der Waals surface area contributed by atoms with Crippen molar-refractivity contribution in [1.29, 1.82) is 0 Å². The number of benzene rings is 1. The van der Waals surface area contributed by atoms with Gasteiger partial charge in [-0.1, -0.05) is 6.07 Å². The number of amides is 1. The molecule has 7 nitrogen and oxygen atoms in total. The first-order chi connectivity index (χ1) is 9.95. The minimum Gasteiger partial charge on any atom is -0.490 e. The second-order valence-corrected chi connectivity index (χ2v) is 5.23. The van der Waals surface area contributed by atoms with Gasteiger partial charge in [-0.25, -0.2) is 0 Å². The monoisotopic (exact) mass is 293 g/mol. The molecule has 1 aliphatic rings. The second-order valence-electron chi connectivity index (χ2n) is 5.23. The highest BCUT2D eigenvalue weighted by molar-refractivity contribution is 5.98. The number of ether oxygens (including phenoxy) is 1. The number of hydrogen-bond donors (Lipinski definition) is 1. The van der Waals surface area contributed by atoms with E-state index < -0.39 is 4.92 Å². The molecule has 0 bridgehead atoms. The minimum absolute atomic E-state index is 0.0193. The molecule has 0 aromatic heterocycles. The molecule has 0 saturated carbocycles. The van der Waals surface area contributed by atoms with Crippen LogP contribution in [0.4, 0.5) is 5.69 Å². The number of hydrogen-bond acceptors (Lipinski definition) is 5. The highest BCUT2D eigenvalue weighted by Crippen LogP contribution is 2.31. The summed E-state index contributed by atoms with van der Waals surface area (Å²) in [5.74, 6) is -0.220. The first-order valence-corrected chi connectivity index (χ1v) is 6.81. The van der Waals surface area contributed by atoms with Gasteiger partial charge in [-0.2, -0.15) is 0 Å². The number of carbonyl (C=O) groups is 1. The summed E-state index contributed by atoms with van der Waals surface area (Å²) in [6.45, 7) is 5.20. The lowest BCUT2D eigenvalue weighted by molar-refractivity contribution is -0.385. The van der Waals surface area contributed by atoms with Crippen molar-refractivity contribution in [1.82, 2.24) is 10.2 Å². The van der Waals surface area contributed by atoms with Crippen LogP contribution in [0.2, 0.25) is 0 Å². The Morgan fingerprint density at radius 2 is 2.19 bits per heavy atom. The van der Waals surface area contributed by atoms with Crippen LogP contribution in [-0.4, -0.2) is 48.0 Å². The number of nitro groups is 1. The van der Waals surface area contributed by atoms with Gasteiger partial charge in [0.25, 0.3) is 5.91 Å². The van der Waals surface area contributed by atoms with Crippen LogP contribution in [0, 0.1) is 10.1 Å². The van der Waals surface area contributed by atoms with Gasteiger partial charge in [0, 0.05) is 31.2 Å². The van der Waals surface area contributed by atoms with E-state index in [1.807, 2.05) is 13.8 Å². The topological polar surface area (TPSA) is 84.7 Å². The van der Waals surface area contributed by atoms with Gasteiger partial charge in [-0.05, 0) is 19.9 Å². The summed E-state index contributed by atoms with van der Waals surface area (Å²) in [7, 11) is 1.34. The molecule has 2 rings (SSSR count). The molecule has 1 aliphatic heterocycles. The van der Waals surface area contributed by atoms with E-state index in [0.29, 0.717) is 13.1 Å². The van der Waals surface area contributed by atoms with Gasteiger partial charge in [-0.15, -0.1) is 0 Å². The number of piperazine rings is 1. The van der Waals surface area contributed by atoms with Crippen LogP contribution >= 0.6 is 0 Å². The van der Waals surface area contributed by atoms with E-state index in [2.05, 4.69) is 5.32 Å². The number of carbonyl (C=O) groups excluding carboxylic acids is 1. The molecule has 0 aliphatic carbocycles. The van der Waals surface area contributed by atoms with E-state index in [-0.39, 0.29) is 35.0 Å². The van der Waals surface area contributed by atoms with Gasteiger partial charge in [0.2, 0.25) is 5.75 Å². The Kier molecular flexibility index (Phi) is 4.42. The zero-order valence-corrected chi connectivity index (χ0v) is 12.3. The Bertz CT molecular complexity index is 561. The SMILES string of the molecule is COc1c(C(=O)N2CC(C)NCC2C)cccc1[N+](=O)[O-]. The summed E-state index contributed by atoms with van der Waals surface area (Å²) >= 11 is 0. The molecule has 0 spiro atoms. The Balaban J connectivity index is 2.39. The molecule has 2 unspecified atom stereocenters. The molecular weight excluding hydrogens is 274 g/mol. The van der Waals surface area contributed by atoms with Crippen LogP contribution in [0.25, 0.3) is 0 Å². The Morgan fingerprint density at radius 1 is 1.48 bits per heavy atom. The largest absolute Gasteiger partial charge is 0.490 e. The van der Waals surface area contributed by atoms with Crippen LogP contribution in [0.1, 0.15) is 24.2 Å². The van der Waals surface area contributed by atoms with Gasteiger partial charge in [0.15, 0.2) is 0 Å². The van der Waals surface area contributed by atoms with Crippen LogP contribution in [0.5, 0.6) is 5.75 Å². The van der Waals surface area contributed by atoms with E-state index >= 15 is 0 Å². The number of nitrogens with zero attached hydrogens (tertiary/aromatic N) is 2. The highest BCUT2D eigenvalue weighted by atomic mass is 16.6. The number of nitro benzene ring substituents is 1. The van der Waals surface area contributed by atoms with Crippen LogP contribution in [0.15, 0.2) is 18.2 Å². The molecule has 1 saturated heterocycles. The van der Waals surface area contributed by atoms with Crippen LogP contribution in [-0.2, 0) is 0 Å². The summed E-state index contributed by atoms with van der Waals surface area (Å²) in [6, 6.07) is 4.62. The van der Waals surface area contributed by atoms with Crippen molar-refractivity contribution < 1.29 is 14.5 Å². The summed E-state index contributed by atoms with van der Waals surface area (Å²) in [5.41, 5.74) is 0.0341. The minimum atomic E-state index is -0.542. The third kappa shape index (κ3) is 2.97. The lowest BCUT2D eigenvalue weighted by Crippen LogP contribution is -2.56. The number of methoxy groups -OCH3 is 1. The fourth-order valence-electron chi connectivity index (χ4n) is 2.51. The molecule has 1 amide bonds. The number of para-hydroxylation sites is 1. The predicted molar refractivity (Wildman–Crippen MR) is 77.6 cm³/mol. The van der Waals surface area contributed by atoms with Crippen molar-refractivity contribution >= 4 is 11.6 Å². The Hall–Kier alpha value is -2.15. The molecule has 1 heterocycles. The lowest BCUT2D eigenvalue weighted by atomic mass is 10.1. The summed E-state index contributed by atoms with van der Waals surface area (Å²) in [4.78, 5) is 24.9. The van der Waals surface area contributed by atoms with E-state index in [4.69, 9.17) is 4.74 Å². The molecule has 1 fully saturated rings. The van der Waals surface area contributed by atoms with Gasteiger partial charge in [-0.3, -0.25) is 14.9 Å². The fourth-order valence-corrected chi connectivity index (χ4v) is 2.51. The number of nitrogens with one attached hydrogen (secondary N) is 1. The highest BCUT2D eigenvalue weighted by Gasteiger charge is 2.31. The first-order valence-electron chi connectivity index (χ1n) is 6.81. The standard InChI is InChI=1S/C14H19N3O4/c1-9-8-16(10(2)7-15-9)14(18)11-5-4-6-12(17(19)20)13(11)21-3/h4-6,9-10,15H,7-8H2,1-3H3. The fraction of sp³-hybridized carbons (Fsp3) is 0.500. The van der Waals surface area contributed by atoms with Gasteiger partial charge >= 0.3 is 5.69 Å². The van der Waals surface area contributed by atoms with E-state index in [1.165, 1.54) is 19.2 Å². The van der Waals surface area contributed by atoms with Crippen molar-refractivity contribution in [2.45, 2.75) is 25.9 Å². The molecule has 2 atom stereocenters. The molecule has 1 aromatic rings. The molecule has 21 heavy (non-hydrogen) atoms. The summed E-state index contributed by atoms with van der Waals surface area (Å²) in [6.07, 6.45) is 0. The van der Waals surface area contributed by atoms with Crippen molar-refractivity contribution in [3.8, 4) is 5.75 Å². The van der Waals surface area contributed by atoms with Crippen molar-refractivity contribution in [3.05, 3.63) is 33.9 Å². The number of rotatable bonds is 3. The lowest BCUT2D eigenvalue weighted by Gasteiger charge is -2.37. The summed E-state index contributed by atoms with van der Waals surface area (Å²) in [5, 5.41) is 14.3. The zero-order chi connectivity index (χ0) is 15.6. The second kappa shape index (κ2) is 6.09.